The second kappa shape index (κ2) is 12.4. The van der Waals surface area contributed by atoms with E-state index in [2.05, 4.69) is 15.5 Å². The van der Waals surface area contributed by atoms with Crippen molar-refractivity contribution < 1.29 is 9.53 Å². The number of rotatable bonds is 9. The molecule has 142 valence electrons. The molecular formula is C18H29Cl2N3O2. The van der Waals surface area contributed by atoms with Gasteiger partial charge in [-0.3, -0.25) is 9.69 Å². The number of hydrogen-bond acceptors (Lipinski definition) is 4. The molecule has 1 heterocycles. The lowest BCUT2D eigenvalue weighted by Crippen LogP contribution is -2.42. The van der Waals surface area contributed by atoms with E-state index >= 15 is 0 Å². The number of hydrogen-bond donors (Lipinski definition) is 2. The van der Waals surface area contributed by atoms with E-state index in [9.17, 15) is 4.79 Å². The number of nitrogens with one attached hydrogen (secondary N) is 2. The van der Waals surface area contributed by atoms with Gasteiger partial charge in [0, 0.05) is 5.02 Å². The number of likely N-dealkylation sites (tertiary alicyclic amines) is 1. The lowest BCUT2D eigenvalue weighted by Gasteiger charge is -2.31. The molecule has 7 heteroatoms. The summed E-state index contributed by atoms with van der Waals surface area (Å²) in [4.78, 5) is 14.2. The Hall–Kier alpha value is -1.01. The van der Waals surface area contributed by atoms with E-state index in [1.807, 2.05) is 19.2 Å². The van der Waals surface area contributed by atoms with Gasteiger partial charge in [-0.05, 0) is 70.1 Å². The van der Waals surface area contributed by atoms with Crippen LogP contribution < -0.4 is 15.4 Å². The van der Waals surface area contributed by atoms with Gasteiger partial charge in [-0.1, -0.05) is 17.7 Å². The minimum absolute atomic E-state index is 0. The summed E-state index contributed by atoms with van der Waals surface area (Å²) < 4.78 is 5.56. The van der Waals surface area contributed by atoms with Crippen LogP contribution in [0, 0.1) is 5.92 Å². The highest BCUT2D eigenvalue weighted by Crippen LogP contribution is 2.19. The monoisotopic (exact) mass is 389 g/mol. The molecular weight excluding hydrogens is 361 g/mol. The Morgan fingerprint density at radius 1 is 1.32 bits per heavy atom. The average Bonchev–Trinajstić information content (AvgIpc) is 2.58. The topological polar surface area (TPSA) is 53.6 Å². The van der Waals surface area contributed by atoms with Gasteiger partial charge in [-0.25, -0.2) is 0 Å². The van der Waals surface area contributed by atoms with E-state index < -0.39 is 0 Å². The number of carbonyl (C=O) groups is 1. The van der Waals surface area contributed by atoms with Gasteiger partial charge in [0.2, 0.25) is 5.91 Å². The molecule has 0 aliphatic carbocycles. The molecule has 1 fully saturated rings. The first-order valence-electron chi connectivity index (χ1n) is 8.69. The molecule has 1 aromatic carbocycles. The van der Waals surface area contributed by atoms with Crippen molar-refractivity contribution in [2.24, 2.45) is 5.92 Å². The van der Waals surface area contributed by atoms with Crippen LogP contribution in [0.3, 0.4) is 0 Å². The van der Waals surface area contributed by atoms with E-state index in [1.165, 1.54) is 19.3 Å². The molecule has 0 aromatic heterocycles. The highest BCUT2D eigenvalue weighted by Gasteiger charge is 2.20. The van der Waals surface area contributed by atoms with Crippen LogP contribution in [0.4, 0.5) is 0 Å². The van der Waals surface area contributed by atoms with Crippen molar-refractivity contribution in [1.29, 1.82) is 0 Å². The minimum Gasteiger partial charge on any atom is -0.492 e. The van der Waals surface area contributed by atoms with Gasteiger partial charge in [-0.2, -0.15) is 0 Å². The number of nitrogens with zero attached hydrogens (tertiary/aromatic N) is 1. The Morgan fingerprint density at radius 2 is 2.08 bits per heavy atom. The lowest BCUT2D eigenvalue weighted by molar-refractivity contribution is -0.122. The summed E-state index contributed by atoms with van der Waals surface area (Å²) in [5, 5.41) is 6.76. The summed E-state index contributed by atoms with van der Waals surface area (Å²) in [7, 11) is 2.00. The Bertz CT molecular complexity index is 509. The molecule has 1 amide bonds. The molecule has 1 saturated heterocycles. The smallest absolute Gasteiger partial charge is 0.234 e. The van der Waals surface area contributed by atoms with Crippen LogP contribution in [0.1, 0.15) is 19.3 Å². The second-order valence-electron chi connectivity index (χ2n) is 6.27. The van der Waals surface area contributed by atoms with Gasteiger partial charge in [0.15, 0.2) is 0 Å². The first kappa shape index (κ1) is 22.0. The van der Waals surface area contributed by atoms with Crippen LogP contribution in [0.15, 0.2) is 24.3 Å². The van der Waals surface area contributed by atoms with Gasteiger partial charge >= 0.3 is 0 Å². The summed E-state index contributed by atoms with van der Waals surface area (Å²) in [6.07, 6.45) is 3.61. The normalized spacial score (nSPS) is 15.4. The average molecular weight is 390 g/mol. The summed E-state index contributed by atoms with van der Waals surface area (Å²) in [5.41, 5.74) is 0. The number of halogens is 2. The summed E-state index contributed by atoms with van der Waals surface area (Å²) in [5.74, 6) is 1.58. The van der Waals surface area contributed by atoms with Crippen molar-refractivity contribution in [1.82, 2.24) is 15.5 Å². The summed E-state index contributed by atoms with van der Waals surface area (Å²) in [6.45, 7) is 4.54. The van der Waals surface area contributed by atoms with Crippen molar-refractivity contribution in [2.45, 2.75) is 19.3 Å². The highest BCUT2D eigenvalue weighted by atomic mass is 35.5. The highest BCUT2D eigenvalue weighted by molar-refractivity contribution is 6.30. The minimum atomic E-state index is 0. The molecule has 1 aliphatic heterocycles. The maximum atomic E-state index is 12.0. The maximum absolute atomic E-state index is 12.0. The van der Waals surface area contributed by atoms with E-state index in [0.29, 0.717) is 24.7 Å². The van der Waals surface area contributed by atoms with Crippen LogP contribution >= 0.6 is 24.0 Å². The molecule has 0 spiro atoms. The third kappa shape index (κ3) is 8.77. The Kier molecular flexibility index (Phi) is 10.9. The molecule has 1 aliphatic rings. The Labute approximate surface area is 161 Å². The van der Waals surface area contributed by atoms with Crippen LogP contribution in [0.25, 0.3) is 0 Å². The predicted molar refractivity (Wildman–Crippen MR) is 105 cm³/mol. The fourth-order valence-electron chi connectivity index (χ4n) is 2.96. The third-order valence-corrected chi connectivity index (χ3v) is 4.60. The van der Waals surface area contributed by atoms with Crippen LogP contribution in [-0.4, -0.2) is 57.2 Å². The van der Waals surface area contributed by atoms with Crippen molar-refractivity contribution in [3.05, 3.63) is 29.3 Å². The lowest BCUT2D eigenvalue weighted by atomic mass is 9.93. The van der Waals surface area contributed by atoms with Crippen molar-refractivity contribution in [3.63, 3.8) is 0 Å². The zero-order chi connectivity index (χ0) is 17.2. The van der Waals surface area contributed by atoms with E-state index in [1.54, 1.807) is 12.1 Å². The molecule has 0 radical (unpaired) electrons. The zero-order valence-electron chi connectivity index (χ0n) is 14.8. The number of carbonyl (C=O) groups excluding carboxylic acids is 1. The van der Waals surface area contributed by atoms with Crippen molar-refractivity contribution in [3.8, 4) is 5.75 Å². The van der Waals surface area contributed by atoms with Gasteiger partial charge in [0.25, 0.3) is 0 Å². The zero-order valence-corrected chi connectivity index (χ0v) is 16.4. The van der Waals surface area contributed by atoms with Gasteiger partial charge in [0.05, 0.1) is 13.1 Å². The fourth-order valence-corrected chi connectivity index (χ4v) is 3.14. The Morgan fingerprint density at radius 3 is 2.76 bits per heavy atom. The van der Waals surface area contributed by atoms with E-state index in [-0.39, 0.29) is 18.3 Å². The molecule has 1 aromatic rings. The molecule has 25 heavy (non-hydrogen) atoms. The molecule has 0 saturated carbocycles. The molecule has 0 unspecified atom stereocenters. The number of amides is 1. The first-order chi connectivity index (χ1) is 11.7. The molecule has 2 N–H and O–H groups in total. The van der Waals surface area contributed by atoms with Crippen LogP contribution in [-0.2, 0) is 4.79 Å². The van der Waals surface area contributed by atoms with E-state index in [4.69, 9.17) is 16.3 Å². The van der Waals surface area contributed by atoms with E-state index in [0.717, 1.165) is 31.3 Å². The summed E-state index contributed by atoms with van der Waals surface area (Å²) >= 11 is 5.90. The largest absolute Gasteiger partial charge is 0.492 e. The first-order valence-corrected chi connectivity index (χ1v) is 9.07. The number of piperidine rings is 1. The molecule has 2 rings (SSSR count). The number of ether oxygens (including phenoxy) is 1. The summed E-state index contributed by atoms with van der Waals surface area (Å²) in [6, 6.07) is 7.27. The molecule has 0 bridgehead atoms. The van der Waals surface area contributed by atoms with Crippen molar-refractivity contribution in [2.75, 3.05) is 46.4 Å². The predicted octanol–water partition coefficient (Wildman–Crippen LogP) is 2.58. The van der Waals surface area contributed by atoms with Crippen LogP contribution in [0.2, 0.25) is 5.02 Å². The maximum Gasteiger partial charge on any atom is 0.234 e. The Balaban J connectivity index is 0.00000312. The molecule has 0 atom stereocenters. The fraction of sp³-hybridized carbons (Fsp3) is 0.611. The quantitative estimate of drug-likeness (QED) is 0.637. The van der Waals surface area contributed by atoms with Gasteiger partial charge in [-0.15, -0.1) is 12.4 Å². The van der Waals surface area contributed by atoms with Crippen LogP contribution in [0.5, 0.6) is 5.75 Å². The SMILES string of the molecule is CNCCC1CCN(CC(=O)NCCOc2cccc(Cl)c2)CC1.Cl. The molecule has 5 nitrogen and oxygen atoms in total. The van der Waals surface area contributed by atoms with Gasteiger partial charge < -0.3 is 15.4 Å². The second-order valence-corrected chi connectivity index (χ2v) is 6.70. The standard InChI is InChI=1S/C18H28ClN3O2.ClH/c1-20-8-5-15-6-10-22(11-7-15)14-18(23)21-9-12-24-17-4-2-3-16(19)13-17;/h2-4,13,15,20H,5-12,14H2,1H3,(H,21,23);1H. The van der Waals surface area contributed by atoms with Gasteiger partial charge in [0.1, 0.15) is 12.4 Å². The third-order valence-electron chi connectivity index (χ3n) is 4.37. The number of benzene rings is 1. The van der Waals surface area contributed by atoms with Crippen molar-refractivity contribution >= 4 is 29.9 Å².